The molecular weight excluding hydrogens is 214 g/mol. The minimum Gasteiger partial charge on any atom is -0.464 e. The number of rotatable bonds is 2. The Morgan fingerprint density at radius 2 is 2.33 bits per heavy atom. The summed E-state index contributed by atoms with van der Waals surface area (Å²) in [5.74, 6) is 2.00. The second kappa shape index (κ2) is 3.98. The van der Waals surface area contributed by atoms with Crippen LogP contribution in [0.5, 0.6) is 0 Å². The molecular formula is C10H15NO3S. The van der Waals surface area contributed by atoms with Gasteiger partial charge in [-0.3, -0.25) is 0 Å². The minimum atomic E-state index is -2.90. The smallest absolute Gasteiger partial charge is 0.153 e. The van der Waals surface area contributed by atoms with E-state index in [9.17, 15) is 8.42 Å². The fourth-order valence-corrected chi connectivity index (χ4v) is 3.12. The van der Waals surface area contributed by atoms with Crippen molar-refractivity contribution in [2.45, 2.75) is 19.4 Å². The Kier molecular flexibility index (Phi) is 2.84. The molecule has 1 N–H and O–H groups in total. The largest absolute Gasteiger partial charge is 0.464 e. The van der Waals surface area contributed by atoms with Gasteiger partial charge in [0, 0.05) is 13.0 Å². The van der Waals surface area contributed by atoms with Crippen LogP contribution in [0.25, 0.3) is 0 Å². The maximum atomic E-state index is 11.4. The molecule has 2 heterocycles. The fourth-order valence-electron chi connectivity index (χ4n) is 1.74. The Labute approximate surface area is 89.6 Å². The van der Waals surface area contributed by atoms with E-state index in [0.29, 0.717) is 6.54 Å². The van der Waals surface area contributed by atoms with Crippen molar-refractivity contribution in [3.63, 3.8) is 0 Å². The molecule has 2 rings (SSSR count). The summed E-state index contributed by atoms with van der Waals surface area (Å²) in [5, 5.41) is 3.16. The van der Waals surface area contributed by atoms with Gasteiger partial charge in [0.15, 0.2) is 9.84 Å². The summed E-state index contributed by atoms with van der Waals surface area (Å²) >= 11 is 0. The van der Waals surface area contributed by atoms with Crippen molar-refractivity contribution in [2.24, 2.45) is 0 Å². The van der Waals surface area contributed by atoms with Crippen molar-refractivity contribution in [1.82, 2.24) is 5.32 Å². The van der Waals surface area contributed by atoms with Crippen LogP contribution < -0.4 is 5.32 Å². The van der Waals surface area contributed by atoms with Gasteiger partial charge in [0.05, 0.1) is 17.5 Å². The molecule has 1 saturated heterocycles. The van der Waals surface area contributed by atoms with Crippen molar-refractivity contribution in [3.05, 3.63) is 23.7 Å². The lowest BCUT2D eigenvalue weighted by molar-refractivity contribution is 0.406. The molecule has 1 aliphatic heterocycles. The van der Waals surface area contributed by atoms with Crippen molar-refractivity contribution in [1.29, 1.82) is 0 Å². The first-order valence-corrected chi connectivity index (χ1v) is 6.95. The van der Waals surface area contributed by atoms with E-state index in [1.807, 2.05) is 19.1 Å². The average molecular weight is 229 g/mol. The van der Waals surface area contributed by atoms with Gasteiger partial charge in [-0.25, -0.2) is 8.42 Å². The highest BCUT2D eigenvalue weighted by Gasteiger charge is 2.27. The van der Waals surface area contributed by atoms with Gasteiger partial charge in [0.25, 0.3) is 0 Å². The third-order valence-electron chi connectivity index (χ3n) is 2.60. The van der Waals surface area contributed by atoms with Gasteiger partial charge in [-0.05, 0) is 12.1 Å². The zero-order chi connectivity index (χ0) is 10.9. The van der Waals surface area contributed by atoms with E-state index in [1.54, 1.807) is 0 Å². The predicted molar refractivity (Wildman–Crippen MR) is 57.5 cm³/mol. The molecule has 1 atom stereocenters. The van der Waals surface area contributed by atoms with Gasteiger partial charge in [-0.15, -0.1) is 0 Å². The first-order valence-electron chi connectivity index (χ1n) is 5.13. The van der Waals surface area contributed by atoms with Crippen molar-refractivity contribution >= 4 is 9.84 Å². The third-order valence-corrected chi connectivity index (χ3v) is 4.27. The zero-order valence-electron chi connectivity index (χ0n) is 8.69. The lowest BCUT2D eigenvalue weighted by Gasteiger charge is -2.21. The zero-order valence-corrected chi connectivity index (χ0v) is 9.51. The lowest BCUT2D eigenvalue weighted by atomic mass is 10.2. The van der Waals surface area contributed by atoms with Crippen molar-refractivity contribution in [3.8, 4) is 0 Å². The Morgan fingerprint density at radius 3 is 2.93 bits per heavy atom. The number of hydrogen-bond donors (Lipinski definition) is 1. The lowest BCUT2D eigenvalue weighted by Crippen LogP contribution is -2.38. The average Bonchev–Trinajstić information content (AvgIpc) is 2.64. The minimum absolute atomic E-state index is 0.143. The van der Waals surface area contributed by atoms with Gasteiger partial charge in [-0.2, -0.15) is 0 Å². The van der Waals surface area contributed by atoms with Crippen LogP contribution in [0, 0.1) is 0 Å². The Hall–Kier alpha value is -0.810. The topological polar surface area (TPSA) is 59.3 Å². The molecule has 4 nitrogen and oxygen atoms in total. The van der Waals surface area contributed by atoms with Gasteiger partial charge in [0.2, 0.25) is 0 Å². The monoisotopic (exact) mass is 229 g/mol. The van der Waals surface area contributed by atoms with E-state index >= 15 is 0 Å². The fraction of sp³-hybridized carbons (Fsp3) is 0.600. The van der Waals surface area contributed by atoms with Gasteiger partial charge < -0.3 is 9.73 Å². The van der Waals surface area contributed by atoms with Crippen LogP contribution in [0.15, 0.2) is 16.5 Å². The third kappa shape index (κ3) is 2.41. The highest BCUT2D eigenvalue weighted by atomic mass is 32.2. The molecule has 0 bridgehead atoms. The molecule has 0 aliphatic carbocycles. The van der Waals surface area contributed by atoms with E-state index in [4.69, 9.17) is 4.42 Å². The quantitative estimate of drug-likeness (QED) is 0.818. The molecule has 1 unspecified atom stereocenters. The molecule has 0 saturated carbocycles. The van der Waals surface area contributed by atoms with Crippen molar-refractivity contribution < 1.29 is 12.8 Å². The van der Waals surface area contributed by atoms with Crippen LogP contribution in [0.2, 0.25) is 0 Å². The number of sulfone groups is 1. The highest BCUT2D eigenvalue weighted by molar-refractivity contribution is 7.91. The van der Waals surface area contributed by atoms with Crippen LogP contribution in [-0.4, -0.2) is 26.5 Å². The van der Waals surface area contributed by atoms with Crippen LogP contribution in [0.3, 0.4) is 0 Å². The summed E-state index contributed by atoms with van der Waals surface area (Å²) in [6.07, 6.45) is 0.833. The van der Waals surface area contributed by atoms with E-state index in [0.717, 1.165) is 17.9 Å². The maximum absolute atomic E-state index is 11.4. The van der Waals surface area contributed by atoms with Crippen LogP contribution in [0.1, 0.15) is 24.5 Å². The molecule has 1 aliphatic rings. The van der Waals surface area contributed by atoms with E-state index < -0.39 is 9.84 Å². The second-order valence-corrected chi connectivity index (χ2v) is 6.01. The standard InChI is InChI=1S/C10H15NO3S/c1-2-8-3-4-10(14-8)9-7-15(12,13)6-5-11-9/h3-4,9,11H,2,5-7H2,1H3. The summed E-state index contributed by atoms with van der Waals surface area (Å²) < 4.78 is 28.4. The van der Waals surface area contributed by atoms with E-state index in [-0.39, 0.29) is 17.5 Å². The number of furan rings is 1. The Bertz CT molecular complexity index is 435. The Balaban J connectivity index is 2.17. The molecule has 0 spiro atoms. The summed E-state index contributed by atoms with van der Waals surface area (Å²) in [6, 6.07) is 3.58. The van der Waals surface area contributed by atoms with Crippen LogP contribution >= 0.6 is 0 Å². The number of hydrogen-bond acceptors (Lipinski definition) is 4. The van der Waals surface area contributed by atoms with Crippen molar-refractivity contribution in [2.75, 3.05) is 18.1 Å². The number of aryl methyl sites for hydroxylation is 1. The Morgan fingerprint density at radius 1 is 1.53 bits per heavy atom. The second-order valence-electron chi connectivity index (χ2n) is 3.78. The summed E-state index contributed by atoms with van der Waals surface area (Å²) in [4.78, 5) is 0. The molecule has 0 amide bonds. The molecule has 84 valence electrons. The summed E-state index contributed by atoms with van der Waals surface area (Å²) in [5.41, 5.74) is 0. The normalized spacial score (nSPS) is 25.3. The summed E-state index contributed by atoms with van der Waals surface area (Å²) in [6.45, 7) is 2.52. The van der Waals surface area contributed by atoms with E-state index in [2.05, 4.69) is 5.32 Å². The van der Waals surface area contributed by atoms with E-state index in [1.165, 1.54) is 0 Å². The maximum Gasteiger partial charge on any atom is 0.153 e. The molecule has 0 radical (unpaired) electrons. The molecule has 1 aromatic rings. The van der Waals surface area contributed by atoms with Crippen LogP contribution in [0.4, 0.5) is 0 Å². The van der Waals surface area contributed by atoms with Crippen LogP contribution in [-0.2, 0) is 16.3 Å². The molecule has 0 aromatic carbocycles. The van der Waals surface area contributed by atoms with Gasteiger partial charge >= 0.3 is 0 Å². The SMILES string of the molecule is CCc1ccc(C2CS(=O)(=O)CCN2)o1. The summed E-state index contributed by atoms with van der Waals surface area (Å²) in [7, 11) is -2.90. The molecule has 1 aromatic heterocycles. The predicted octanol–water partition coefficient (Wildman–Crippen LogP) is 0.901. The first kappa shape index (κ1) is 10.7. The first-order chi connectivity index (χ1) is 7.11. The highest BCUT2D eigenvalue weighted by Crippen LogP contribution is 2.21. The van der Waals surface area contributed by atoms with Gasteiger partial charge in [-0.1, -0.05) is 6.92 Å². The molecule has 15 heavy (non-hydrogen) atoms. The molecule has 1 fully saturated rings. The molecule has 5 heteroatoms. The van der Waals surface area contributed by atoms with Gasteiger partial charge in [0.1, 0.15) is 11.5 Å². The number of nitrogens with one attached hydrogen (secondary N) is 1.